The number of methoxy groups -OCH3 is 1. The van der Waals surface area contributed by atoms with Gasteiger partial charge in [0.1, 0.15) is 11.5 Å². The van der Waals surface area contributed by atoms with Crippen molar-refractivity contribution in [1.82, 2.24) is 0 Å². The van der Waals surface area contributed by atoms with Gasteiger partial charge in [0.2, 0.25) is 0 Å². The Morgan fingerprint density at radius 2 is 1.91 bits per heavy atom. The van der Waals surface area contributed by atoms with Crippen molar-refractivity contribution >= 4 is 23.2 Å². The number of unbranched alkanes of at least 4 members (excludes halogenated alkanes) is 1. The van der Waals surface area contributed by atoms with Crippen LogP contribution in [-0.4, -0.2) is 25.0 Å². The molecule has 3 nitrogen and oxygen atoms in total. The molecule has 1 aromatic carbocycles. The Bertz CT molecular complexity index is 474. The summed E-state index contributed by atoms with van der Waals surface area (Å²) in [5.74, 6) is 1.05. The van der Waals surface area contributed by atoms with Gasteiger partial charge in [0.25, 0.3) is 0 Å². The number of phenolic OH excluding ortho intramolecular Hbond substituents is 1. The third kappa shape index (κ3) is 7.99. The second kappa shape index (κ2) is 11.5. The molecule has 6 heteroatoms. The van der Waals surface area contributed by atoms with Gasteiger partial charge < -0.3 is 9.84 Å². The van der Waals surface area contributed by atoms with E-state index in [1.54, 1.807) is 13.3 Å². The van der Waals surface area contributed by atoms with E-state index in [1.165, 1.54) is 0 Å². The van der Waals surface area contributed by atoms with Crippen LogP contribution in [0.25, 0.3) is 0 Å². The molecule has 0 amide bonds. The van der Waals surface area contributed by atoms with E-state index in [0.717, 1.165) is 36.3 Å². The van der Waals surface area contributed by atoms with Gasteiger partial charge in [0.15, 0.2) is 0 Å². The molecule has 0 bridgehead atoms. The van der Waals surface area contributed by atoms with Crippen molar-refractivity contribution in [2.24, 2.45) is 4.99 Å². The van der Waals surface area contributed by atoms with Crippen LogP contribution in [0, 0.1) is 0 Å². The van der Waals surface area contributed by atoms with Gasteiger partial charge in [0, 0.05) is 23.9 Å². The van der Waals surface area contributed by atoms with Crippen LogP contribution >= 0.6 is 17.0 Å². The molecule has 0 aliphatic carbocycles. The fourth-order valence-corrected chi connectivity index (χ4v) is 1.83. The van der Waals surface area contributed by atoms with Gasteiger partial charge in [0.05, 0.1) is 7.11 Å². The third-order valence-electron chi connectivity index (χ3n) is 3.03. The van der Waals surface area contributed by atoms with Crippen LogP contribution in [0.1, 0.15) is 51.7 Å². The van der Waals surface area contributed by atoms with Crippen molar-refractivity contribution in [2.45, 2.75) is 46.0 Å². The second-order valence-corrected chi connectivity index (χ2v) is 9.55. The summed E-state index contributed by atoms with van der Waals surface area (Å²) in [6.07, 6.45) is 3.92. The summed E-state index contributed by atoms with van der Waals surface area (Å²) in [5, 5.41) is 10.4. The topological polar surface area (TPSA) is 41.8 Å². The van der Waals surface area contributed by atoms with Crippen molar-refractivity contribution in [2.75, 3.05) is 13.7 Å². The molecule has 0 spiro atoms. The van der Waals surface area contributed by atoms with E-state index >= 15 is 0 Å². The number of halogens is 2. The summed E-state index contributed by atoms with van der Waals surface area (Å²) >= 11 is -0.826. The molecule has 124 valence electrons. The van der Waals surface area contributed by atoms with Gasteiger partial charge in [-0.1, -0.05) is 34.1 Å². The molecule has 1 N–H and O–H groups in total. The summed E-state index contributed by atoms with van der Waals surface area (Å²) in [4.78, 5) is 4.35. The Morgan fingerprint density at radius 1 is 1.32 bits per heavy atom. The van der Waals surface area contributed by atoms with E-state index in [9.17, 15) is 5.11 Å². The monoisotopic (exact) mass is 423 g/mol. The number of hydrogen-bond acceptors (Lipinski definition) is 3. The van der Waals surface area contributed by atoms with Crippen LogP contribution in [0.3, 0.4) is 0 Å². The van der Waals surface area contributed by atoms with Crippen molar-refractivity contribution in [1.29, 1.82) is 0 Å². The van der Waals surface area contributed by atoms with E-state index in [0.29, 0.717) is 5.75 Å². The third-order valence-corrected chi connectivity index (χ3v) is 3.03. The van der Waals surface area contributed by atoms with Gasteiger partial charge in [-0.3, -0.25) is 4.99 Å². The molecule has 1 aromatic rings. The number of ether oxygens (including phenoxy) is 1. The molecule has 0 aliphatic heterocycles. The fraction of sp³-hybridized carbons (Fsp3) is 0.562. The Balaban J connectivity index is 0.00000135. The molecular formula is C16H25Cl2NO2Zr. The molecule has 0 saturated carbocycles. The minimum absolute atomic E-state index is 0.134. The molecule has 0 aliphatic rings. The van der Waals surface area contributed by atoms with Crippen LogP contribution in [0.15, 0.2) is 17.1 Å². The number of nitrogens with zero attached hydrogens (tertiary/aromatic N) is 1. The fourth-order valence-electron chi connectivity index (χ4n) is 1.83. The Morgan fingerprint density at radius 3 is 2.36 bits per heavy atom. The van der Waals surface area contributed by atoms with E-state index in [2.05, 4.69) is 32.7 Å². The predicted octanol–water partition coefficient (Wildman–Crippen LogP) is 5.29. The first-order chi connectivity index (χ1) is 10.3. The van der Waals surface area contributed by atoms with E-state index in [4.69, 9.17) is 21.8 Å². The Kier molecular flexibility index (Phi) is 11.5. The number of aromatic hydroxyl groups is 1. The van der Waals surface area contributed by atoms with Gasteiger partial charge in [-0.2, -0.15) is 0 Å². The molecular weight excluding hydrogens is 400 g/mol. The summed E-state index contributed by atoms with van der Waals surface area (Å²) in [7, 11) is 11.5. The number of rotatable bonds is 5. The van der Waals surface area contributed by atoms with E-state index in [1.807, 2.05) is 12.1 Å². The van der Waals surface area contributed by atoms with Crippen LogP contribution in [0.4, 0.5) is 0 Å². The number of aliphatic imine (C=N–C) groups is 1. The quantitative estimate of drug-likeness (QED) is 0.514. The molecule has 0 unspecified atom stereocenters. The average molecular weight is 426 g/mol. The van der Waals surface area contributed by atoms with Crippen LogP contribution in [0.2, 0.25) is 0 Å². The van der Waals surface area contributed by atoms with Crippen LogP contribution in [0.5, 0.6) is 11.5 Å². The molecule has 0 fully saturated rings. The summed E-state index contributed by atoms with van der Waals surface area (Å²) in [6, 6.07) is 3.71. The van der Waals surface area contributed by atoms with Gasteiger partial charge >= 0.3 is 37.9 Å². The zero-order valence-corrected chi connectivity index (χ0v) is 17.9. The SMILES string of the molecule is CCCCN=Cc1cc(OC)cc(C(C)(C)C)c1O.[Cl][Zr][Cl]. The first-order valence-electron chi connectivity index (χ1n) is 7.19. The first-order valence-corrected chi connectivity index (χ1v) is 13.5. The second-order valence-electron chi connectivity index (χ2n) is 5.82. The number of benzene rings is 1. The van der Waals surface area contributed by atoms with E-state index < -0.39 is 20.8 Å². The maximum absolute atomic E-state index is 10.4. The predicted molar refractivity (Wildman–Crippen MR) is 92.4 cm³/mol. The first kappa shape index (κ1) is 22.0. The Labute approximate surface area is 152 Å². The van der Waals surface area contributed by atoms with Crippen molar-refractivity contribution in [3.8, 4) is 11.5 Å². The van der Waals surface area contributed by atoms with Crippen molar-refractivity contribution in [3.05, 3.63) is 23.3 Å². The molecule has 1 rings (SSSR count). The molecule has 0 aromatic heterocycles. The van der Waals surface area contributed by atoms with Crippen LogP contribution in [-0.2, 0) is 26.3 Å². The van der Waals surface area contributed by atoms with Gasteiger partial charge in [-0.15, -0.1) is 0 Å². The Hall–Kier alpha value is -0.0469. The molecule has 0 atom stereocenters. The van der Waals surface area contributed by atoms with Gasteiger partial charge in [-0.25, -0.2) is 0 Å². The normalized spacial score (nSPS) is 11.0. The van der Waals surface area contributed by atoms with Crippen molar-refractivity contribution in [3.63, 3.8) is 0 Å². The maximum atomic E-state index is 10.4. The minimum atomic E-state index is -0.826. The zero-order valence-electron chi connectivity index (χ0n) is 13.9. The van der Waals surface area contributed by atoms with Crippen LogP contribution < -0.4 is 4.74 Å². The number of phenols is 1. The molecule has 0 radical (unpaired) electrons. The molecule has 22 heavy (non-hydrogen) atoms. The average Bonchev–Trinajstić information content (AvgIpc) is 2.44. The summed E-state index contributed by atoms with van der Waals surface area (Å²) in [6.45, 7) is 9.13. The van der Waals surface area contributed by atoms with E-state index in [-0.39, 0.29) is 5.41 Å². The standard InChI is InChI=1S/C16H25NO2.2ClH.Zr/c1-6-7-8-17-11-12-9-13(19-5)10-14(15(12)18)16(2,3)4;;;/h9-11,18H,6-8H2,1-5H3;2*1H;/q;;;+2/p-2. The number of hydrogen-bond donors (Lipinski definition) is 1. The van der Waals surface area contributed by atoms with Crippen molar-refractivity contribution < 1.29 is 30.7 Å². The zero-order chi connectivity index (χ0) is 17.2. The van der Waals surface area contributed by atoms with Gasteiger partial charge in [-0.05, 0) is 24.0 Å². The molecule has 0 saturated heterocycles. The summed E-state index contributed by atoms with van der Waals surface area (Å²) < 4.78 is 5.30. The molecule has 0 heterocycles. The summed E-state index contributed by atoms with van der Waals surface area (Å²) in [5.41, 5.74) is 1.47.